The summed E-state index contributed by atoms with van der Waals surface area (Å²) in [5.41, 5.74) is 3.02. The Balaban J connectivity index is 1.38. The highest BCUT2D eigenvalue weighted by atomic mass is 16.3. The summed E-state index contributed by atoms with van der Waals surface area (Å²) in [4.78, 5) is 2.78. The minimum absolute atomic E-state index is 0.160. The van der Waals surface area contributed by atoms with Gasteiger partial charge in [-0.2, -0.15) is 0 Å². The normalized spacial score (nSPS) is 29.6. The third kappa shape index (κ3) is 3.27. The number of fused-ring (bicyclic) bond motifs is 4. The Kier molecular flexibility index (Phi) is 4.72. The van der Waals surface area contributed by atoms with Gasteiger partial charge in [-0.15, -0.1) is 0 Å². The predicted octanol–water partition coefficient (Wildman–Crippen LogP) is 4.08. The van der Waals surface area contributed by atoms with E-state index in [1.807, 2.05) is 18.2 Å². The zero-order valence-corrected chi connectivity index (χ0v) is 16.9. The second-order valence-corrected chi connectivity index (χ2v) is 9.25. The Labute approximate surface area is 167 Å². The first-order chi connectivity index (χ1) is 13.7. The summed E-state index contributed by atoms with van der Waals surface area (Å²) in [6.45, 7) is 6.69. The summed E-state index contributed by atoms with van der Waals surface area (Å²) >= 11 is 0. The lowest BCUT2D eigenvalue weighted by Gasteiger charge is -2.56. The van der Waals surface area contributed by atoms with E-state index in [4.69, 9.17) is 4.42 Å². The fourth-order valence-electron chi connectivity index (χ4n) is 5.82. The summed E-state index contributed by atoms with van der Waals surface area (Å²) < 4.78 is 5.45. The fraction of sp³-hybridized carbons (Fsp3) is 0.583. The lowest BCUT2D eigenvalue weighted by atomic mass is 9.56. The number of hydrogen-bond donors (Lipinski definition) is 2. The average molecular weight is 381 g/mol. The van der Waals surface area contributed by atoms with Crippen LogP contribution in [-0.4, -0.2) is 35.7 Å². The Bertz CT molecular complexity index is 814. The monoisotopic (exact) mass is 380 g/mol. The summed E-state index contributed by atoms with van der Waals surface area (Å²) in [5.74, 6) is 2.95. The lowest BCUT2D eigenvalue weighted by molar-refractivity contribution is 0.0158. The molecule has 1 aromatic carbocycles. The van der Waals surface area contributed by atoms with Gasteiger partial charge in [-0.05, 0) is 92.4 Å². The topological polar surface area (TPSA) is 48.6 Å². The smallest absolute Gasteiger partial charge is 0.117 e. The van der Waals surface area contributed by atoms with E-state index >= 15 is 0 Å². The number of benzene rings is 1. The molecule has 1 aromatic heterocycles. The van der Waals surface area contributed by atoms with Gasteiger partial charge >= 0.3 is 0 Å². The van der Waals surface area contributed by atoms with E-state index in [1.165, 1.54) is 43.5 Å². The molecule has 4 heteroatoms. The van der Waals surface area contributed by atoms with Crippen molar-refractivity contribution in [3.05, 3.63) is 53.5 Å². The maximum absolute atomic E-state index is 10.2. The maximum atomic E-state index is 10.2. The Hall–Kier alpha value is -1.78. The molecule has 2 aliphatic carbocycles. The Morgan fingerprint density at radius 1 is 1.29 bits per heavy atom. The first kappa shape index (κ1) is 18.3. The van der Waals surface area contributed by atoms with Crippen molar-refractivity contribution >= 4 is 0 Å². The number of likely N-dealkylation sites (tertiary alicyclic amines) is 1. The molecule has 4 nitrogen and oxygen atoms in total. The van der Waals surface area contributed by atoms with Gasteiger partial charge in [0.25, 0.3) is 0 Å². The zero-order chi connectivity index (χ0) is 19.1. The molecule has 2 aromatic rings. The van der Waals surface area contributed by atoms with E-state index in [1.54, 1.807) is 6.26 Å². The Morgan fingerprint density at radius 3 is 2.96 bits per heavy atom. The van der Waals surface area contributed by atoms with Gasteiger partial charge in [0.15, 0.2) is 0 Å². The van der Waals surface area contributed by atoms with Crippen molar-refractivity contribution in [2.24, 2.45) is 11.8 Å². The fourth-order valence-corrected chi connectivity index (χ4v) is 5.82. The number of hydrogen-bond acceptors (Lipinski definition) is 4. The van der Waals surface area contributed by atoms with E-state index in [0.717, 1.165) is 37.6 Å². The number of furan rings is 1. The molecule has 28 heavy (non-hydrogen) atoms. The van der Waals surface area contributed by atoms with E-state index in [0.29, 0.717) is 17.7 Å². The summed E-state index contributed by atoms with van der Waals surface area (Å²) in [7, 11) is 0. The first-order valence-corrected chi connectivity index (χ1v) is 11.0. The highest BCUT2D eigenvalue weighted by Gasteiger charge is 2.51. The summed E-state index contributed by atoms with van der Waals surface area (Å²) in [6.07, 6.45) is 8.01. The van der Waals surface area contributed by atoms with E-state index in [9.17, 15) is 5.11 Å². The van der Waals surface area contributed by atoms with Crippen LogP contribution in [0, 0.1) is 11.8 Å². The van der Waals surface area contributed by atoms with Crippen LogP contribution in [0.25, 0.3) is 0 Å². The number of phenolic OH excluding ortho intramolecular Hbond substituents is 1. The summed E-state index contributed by atoms with van der Waals surface area (Å²) in [6, 6.07) is 10.7. The molecule has 2 N–H and O–H groups in total. The largest absolute Gasteiger partial charge is 0.508 e. The SMILES string of the molecule is C[C@H]1[C@H]2Cc3ccc(O)cc3C1(CCNCc1ccco1)CCN2CC1CC1. The van der Waals surface area contributed by atoms with Crippen LogP contribution in [0.4, 0.5) is 0 Å². The van der Waals surface area contributed by atoms with E-state index < -0.39 is 0 Å². The second-order valence-electron chi connectivity index (χ2n) is 9.25. The highest BCUT2D eigenvalue weighted by molar-refractivity contribution is 5.44. The van der Waals surface area contributed by atoms with Crippen LogP contribution < -0.4 is 5.32 Å². The molecule has 0 radical (unpaired) electrons. The molecule has 0 amide bonds. The van der Waals surface area contributed by atoms with Crippen molar-refractivity contribution in [2.75, 3.05) is 19.6 Å². The quantitative estimate of drug-likeness (QED) is 0.711. The van der Waals surface area contributed by atoms with Crippen LogP contribution in [0.1, 0.15) is 49.5 Å². The van der Waals surface area contributed by atoms with Crippen LogP contribution in [0.2, 0.25) is 0 Å². The molecule has 2 bridgehead atoms. The molecule has 150 valence electrons. The molecular weight excluding hydrogens is 348 g/mol. The van der Waals surface area contributed by atoms with Gasteiger partial charge in [-0.3, -0.25) is 4.90 Å². The van der Waals surface area contributed by atoms with Crippen LogP contribution in [0.5, 0.6) is 5.75 Å². The van der Waals surface area contributed by atoms with Gasteiger partial charge in [0.2, 0.25) is 0 Å². The predicted molar refractivity (Wildman–Crippen MR) is 110 cm³/mol. The van der Waals surface area contributed by atoms with E-state index in [-0.39, 0.29) is 5.41 Å². The second kappa shape index (κ2) is 7.23. The van der Waals surface area contributed by atoms with Crippen molar-refractivity contribution in [2.45, 2.75) is 57.0 Å². The molecule has 1 unspecified atom stereocenters. The van der Waals surface area contributed by atoms with Gasteiger partial charge in [-0.1, -0.05) is 13.0 Å². The van der Waals surface area contributed by atoms with Crippen LogP contribution in [0.15, 0.2) is 41.0 Å². The average Bonchev–Trinajstić information content (AvgIpc) is 3.35. The van der Waals surface area contributed by atoms with Crippen LogP contribution >= 0.6 is 0 Å². The van der Waals surface area contributed by atoms with Gasteiger partial charge in [-0.25, -0.2) is 0 Å². The zero-order valence-electron chi connectivity index (χ0n) is 16.9. The highest BCUT2D eigenvalue weighted by Crippen LogP contribution is 2.52. The molecule has 5 rings (SSSR count). The number of phenols is 1. The number of nitrogens with zero attached hydrogens (tertiary/aromatic N) is 1. The number of rotatable bonds is 7. The third-order valence-electron chi connectivity index (χ3n) is 7.64. The molecule has 1 aliphatic heterocycles. The minimum atomic E-state index is 0.160. The molecule has 2 fully saturated rings. The van der Waals surface area contributed by atoms with Crippen molar-refractivity contribution in [1.82, 2.24) is 10.2 Å². The van der Waals surface area contributed by atoms with Crippen molar-refractivity contribution in [1.29, 1.82) is 0 Å². The first-order valence-electron chi connectivity index (χ1n) is 11.0. The third-order valence-corrected chi connectivity index (χ3v) is 7.64. The van der Waals surface area contributed by atoms with Crippen molar-refractivity contribution in [3.63, 3.8) is 0 Å². The van der Waals surface area contributed by atoms with Crippen LogP contribution in [0.3, 0.4) is 0 Å². The molecule has 2 heterocycles. The van der Waals surface area contributed by atoms with Crippen molar-refractivity contribution < 1.29 is 9.52 Å². The summed E-state index contributed by atoms with van der Waals surface area (Å²) in [5, 5.41) is 13.8. The van der Waals surface area contributed by atoms with Gasteiger partial charge in [0, 0.05) is 18.0 Å². The van der Waals surface area contributed by atoms with Gasteiger partial charge in [0.1, 0.15) is 11.5 Å². The number of nitrogens with one attached hydrogen (secondary N) is 1. The Morgan fingerprint density at radius 2 is 2.18 bits per heavy atom. The molecular formula is C24H32N2O2. The molecule has 0 spiro atoms. The van der Waals surface area contributed by atoms with Gasteiger partial charge < -0.3 is 14.8 Å². The standard InChI is InChI=1S/C24H32N2O2/c1-17-23-13-19-6-7-20(27)14-22(19)24(17,9-11-26(23)16-18-4-5-18)8-10-25-15-21-3-2-12-28-21/h2-3,6-7,12,14,17-18,23,25,27H,4-5,8-11,13,15-16H2,1H3/t17-,23+,24?/m0/s1. The number of piperidine rings is 1. The number of aromatic hydroxyl groups is 1. The molecule has 1 saturated carbocycles. The van der Waals surface area contributed by atoms with Crippen molar-refractivity contribution in [3.8, 4) is 5.75 Å². The molecule has 3 atom stereocenters. The molecule has 1 saturated heterocycles. The lowest BCUT2D eigenvalue weighted by Crippen LogP contribution is -2.59. The van der Waals surface area contributed by atoms with E-state index in [2.05, 4.69) is 29.3 Å². The minimum Gasteiger partial charge on any atom is -0.508 e. The van der Waals surface area contributed by atoms with Gasteiger partial charge in [0.05, 0.1) is 12.8 Å². The van der Waals surface area contributed by atoms with Crippen LogP contribution in [-0.2, 0) is 18.4 Å². The molecule has 3 aliphatic rings. The maximum Gasteiger partial charge on any atom is 0.117 e.